The van der Waals surface area contributed by atoms with Crippen LogP contribution in [-0.2, 0) is 71.2 Å². The van der Waals surface area contributed by atoms with E-state index in [1.165, 1.54) is 83.4 Å². The summed E-state index contributed by atoms with van der Waals surface area (Å²) in [6.45, 7) is 0.626. The Morgan fingerprint density at radius 2 is 1.17 bits per heavy atom. The van der Waals surface area contributed by atoms with Crippen LogP contribution in [-0.4, -0.2) is 323 Å². The smallest absolute Gasteiger partial charge is 0.352 e. The molecular weight excluding hydrogens is 1410 g/mol. The molecule has 0 spiro atoms. The molecule has 0 saturated carbocycles. The zero-order valence-electron chi connectivity index (χ0n) is 58.7. The number of thiazole rings is 1. The Kier molecular flexibility index (Phi) is 38.0. The van der Waals surface area contributed by atoms with Crippen LogP contribution in [0.15, 0.2) is 16.5 Å². The number of aliphatic hydroxyl groups is 16. The van der Waals surface area contributed by atoms with Gasteiger partial charge in [-0.2, -0.15) is 0 Å². The number of hydrogen-bond acceptors (Lipinski definition) is 35. The highest BCUT2D eigenvalue weighted by Gasteiger charge is 2.60. The van der Waals surface area contributed by atoms with Gasteiger partial charge in [-0.05, 0) is 25.7 Å². The summed E-state index contributed by atoms with van der Waals surface area (Å²) in [7, 11) is 0. The van der Waals surface area contributed by atoms with Gasteiger partial charge in [0.05, 0.1) is 83.1 Å². The van der Waals surface area contributed by atoms with Crippen LogP contribution in [0.5, 0.6) is 0 Å². The van der Waals surface area contributed by atoms with Crippen LogP contribution in [0.25, 0.3) is 0 Å². The van der Waals surface area contributed by atoms with Crippen LogP contribution >= 0.6 is 23.1 Å². The third-order valence-electron chi connectivity index (χ3n) is 19.0. The van der Waals surface area contributed by atoms with Crippen LogP contribution in [0.2, 0.25) is 0 Å². The molecular formula is C66H111N3O32S2. The van der Waals surface area contributed by atoms with Crippen molar-refractivity contribution < 1.29 is 158 Å². The van der Waals surface area contributed by atoms with Gasteiger partial charge in [0, 0.05) is 24.3 Å². The maximum Gasteiger partial charge on any atom is 0.352 e. The number of rotatable bonds is 44. The van der Waals surface area contributed by atoms with Crippen molar-refractivity contribution in [1.82, 2.24) is 10.3 Å². The normalized spacial score (nSPS) is 35.4. The molecule has 28 atom stereocenters. The minimum Gasteiger partial charge on any atom is -0.462 e. The number of unbranched alkanes of at least 4 members (excludes halogenated alkanes) is 14. The van der Waals surface area contributed by atoms with E-state index in [1.807, 2.05) is 0 Å². The Balaban J connectivity index is 1.22. The second kappa shape index (κ2) is 44.3. The number of anilines is 1. The van der Waals surface area contributed by atoms with Crippen LogP contribution in [0.4, 0.5) is 5.82 Å². The fourth-order valence-electron chi connectivity index (χ4n) is 12.9. The number of nitrogens with one attached hydrogen (secondary N) is 2. The molecule has 5 aliphatic heterocycles. The van der Waals surface area contributed by atoms with E-state index in [9.17, 15) is 101 Å². The monoisotopic (exact) mass is 1520 g/mol. The molecule has 2 amide bonds. The van der Waals surface area contributed by atoms with Crippen molar-refractivity contribution in [2.75, 3.05) is 57.8 Å². The van der Waals surface area contributed by atoms with E-state index in [-0.39, 0.29) is 30.2 Å². The number of aliphatic hydroxyl groups excluding tert-OH is 16. The molecule has 24 unspecified atom stereocenters. The van der Waals surface area contributed by atoms with Crippen molar-refractivity contribution in [1.29, 1.82) is 0 Å². The SMILES string of the molecule is CCCCCCCCCCCCCCCCCC(=O)N[C@@H](COC1OC(CO)C(OC2OC(CO)C(OC3OC(CO)C(O)C(OC4OC(CO)C(O)C(O)C4O)C3C)C(OC3(OC=O)CC(O)C(C)C([C@H](O)[C@H](O)CO)O3)C2O)C(O)C1O)[C@H](O)/C=C/C(=O)Nc1nc(SC)sc1C(=O)OCC. The summed E-state index contributed by atoms with van der Waals surface area (Å²) in [4.78, 5) is 56.4. The van der Waals surface area contributed by atoms with E-state index in [4.69, 9.17) is 56.8 Å². The van der Waals surface area contributed by atoms with E-state index in [0.717, 1.165) is 55.6 Å². The number of aromatic nitrogens is 1. The highest BCUT2D eigenvalue weighted by molar-refractivity contribution is 8.00. The highest BCUT2D eigenvalue weighted by Crippen LogP contribution is 2.43. The van der Waals surface area contributed by atoms with E-state index >= 15 is 0 Å². The lowest BCUT2D eigenvalue weighted by Crippen LogP contribution is -2.69. The Morgan fingerprint density at radius 3 is 1.76 bits per heavy atom. The molecule has 594 valence electrons. The van der Waals surface area contributed by atoms with E-state index in [0.29, 0.717) is 10.8 Å². The molecule has 1 aromatic heterocycles. The third-order valence-corrected chi connectivity index (χ3v) is 21.0. The second-order valence-electron chi connectivity index (χ2n) is 26.6. The molecule has 103 heavy (non-hydrogen) atoms. The number of ether oxygens (including phenoxy) is 12. The standard InChI is InChI=1S/C66H111N3O32S2/c1-6-8-9-10-11-12-13-14-15-16-17-18-19-20-21-22-43(79)67-35(36(76)23-24-44(80)68-59-58(60(89)90-7-2)103-65(69-59)102-5)31-91-62-51(87)49(85)55(41(29-73)95-62)98-64-52(88)57(101-66(92-32-75)25-37(77)33(3)54(100-66)45(81)38(78)26-70)56(42(30-74)96-64)99-61-34(4)53(47(83)40(28-72)93-61)97-63-50(86)48(84)46(82)39(27-71)94-63/h23-24,32-42,45-57,61-64,70-74,76-78,81-88H,6-22,25-31H2,1-5H3,(H,67,79)(H,68,80)/b24-23+/t33?,34?,35-,36+,37?,38+,39?,40?,41?,42?,45+,46?,47?,48?,49?,50?,51?,52?,53?,54?,55?,56?,57?,61?,62?,63?,64?,66?/m0/s1. The minimum atomic E-state index is -2.92. The molecule has 5 fully saturated rings. The predicted octanol–water partition coefficient (Wildman–Crippen LogP) is -2.44. The number of thioether (sulfide) groups is 1. The molecule has 0 bridgehead atoms. The molecule has 18 N–H and O–H groups in total. The van der Waals surface area contributed by atoms with Crippen molar-refractivity contribution >= 4 is 53.2 Å². The van der Waals surface area contributed by atoms with Crippen molar-refractivity contribution in [2.24, 2.45) is 11.8 Å². The van der Waals surface area contributed by atoms with Crippen molar-refractivity contribution in [3.05, 3.63) is 17.0 Å². The first-order valence-electron chi connectivity index (χ1n) is 35.5. The molecule has 0 aromatic carbocycles. The summed E-state index contributed by atoms with van der Waals surface area (Å²) in [5, 5.41) is 182. The zero-order chi connectivity index (χ0) is 75.7. The fourth-order valence-corrected chi connectivity index (χ4v) is 14.3. The lowest BCUT2D eigenvalue weighted by molar-refractivity contribution is -0.455. The highest BCUT2D eigenvalue weighted by atomic mass is 32.2. The molecule has 6 heterocycles. The number of carbonyl (C=O) groups excluding carboxylic acids is 4. The second-order valence-corrected chi connectivity index (χ2v) is 28.6. The molecule has 0 radical (unpaired) electrons. The van der Waals surface area contributed by atoms with Gasteiger partial charge in [-0.25, -0.2) is 9.78 Å². The van der Waals surface area contributed by atoms with Gasteiger partial charge < -0.3 is 149 Å². The van der Waals surface area contributed by atoms with E-state index in [1.54, 1.807) is 13.2 Å². The lowest BCUT2D eigenvalue weighted by atomic mass is 9.86. The average Bonchev–Trinajstić information content (AvgIpc) is 1.32. The lowest BCUT2D eigenvalue weighted by Gasteiger charge is -2.52. The van der Waals surface area contributed by atoms with Crippen molar-refractivity contribution in [3.8, 4) is 0 Å². The number of amides is 2. The summed E-state index contributed by atoms with van der Waals surface area (Å²) in [5.74, 6) is -7.54. The Labute approximate surface area is 606 Å². The van der Waals surface area contributed by atoms with Crippen LogP contribution in [0.1, 0.15) is 147 Å². The van der Waals surface area contributed by atoms with Gasteiger partial charge in [0.25, 0.3) is 6.47 Å². The Hall–Kier alpha value is -3.44. The van der Waals surface area contributed by atoms with Gasteiger partial charge in [0.2, 0.25) is 11.8 Å². The largest absolute Gasteiger partial charge is 0.462 e. The Morgan fingerprint density at radius 1 is 0.641 bits per heavy atom. The summed E-state index contributed by atoms with van der Waals surface area (Å²) >= 11 is 2.20. The van der Waals surface area contributed by atoms with Crippen LogP contribution < -0.4 is 10.6 Å². The molecule has 0 aliphatic carbocycles. The van der Waals surface area contributed by atoms with Crippen LogP contribution in [0, 0.1) is 11.8 Å². The average molecular weight is 1520 g/mol. The van der Waals surface area contributed by atoms with E-state index < -0.39 is 235 Å². The maximum absolute atomic E-state index is 13.6. The van der Waals surface area contributed by atoms with E-state index in [2.05, 4.69) is 22.5 Å². The van der Waals surface area contributed by atoms with Crippen molar-refractivity contribution in [2.45, 2.75) is 300 Å². The summed E-state index contributed by atoms with van der Waals surface area (Å²) in [6, 6.07) is -1.40. The number of nitrogens with zero attached hydrogens (tertiary/aromatic N) is 1. The number of hydrogen-bond donors (Lipinski definition) is 18. The molecule has 5 saturated heterocycles. The van der Waals surface area contributed by atoms with Gasteiger partial charge in [-0.3, -0.25) is 14.4 Å². The number of esters is 1. The first-order valence-corrected chi connectivity index (χ1v) is 37.5. The van der Waals surface area contributed by atoms with Gasteiger partial charge in [0.15, 0.2) is 40.2 Å². The predicted molar refractivity (Wildman–Crippen MR) is 358 cm³/mol. The molecule has 35 nitrogen and oxygen atoms in total. The van der Waals surface area contributed by atoms with Gasteiger partial charge >= 0.3 is 11.9 Å². The topological polar surface area (TPSA) is 540 Å². The fraction of sp³-hybridized carbons (Fsp3) is 0.864. The summed E-state index contributed by atoms with van der Waals surface area (Å²) in [6.07, 6.45) is -26.2. The first kappa shape index (κ1) is 88.5. The first-order chi connectivity index (χ1) is 49.3. The molecule has 1 aromatic rings. The molecule has 6 rings (SSSR count). The summed E-state index contributed by atoms with van der Waals surface area (Å²) < 4.78 is 71.2. The third kappa shape index (κ3) is 24.5. The van der Waals surface area contributed by atoms with Crippen molar-refractivity contribution in [3.63, 3.8) is 0 Å². The quantitative estimate of drug-likeness (QED) is 0.00806. The number of carbonyl (C=O) groups is 4. The van der Waals surface area contributed by atoms with Crippen LogP contribution in [0.3, 0.4) is 0 Å². The zero-order valence-corrected chi connectivity index (χ0v) is 60.4. The van der Waals surface area contributed by atoms with Gasteiger partial charge in [-0.1, -0.05) is 134 Å². The Bertz CT molecular complexity index is 2680. The van der Waals surface area contributed by atoms with Gasteiger partial charge in [-0.15, -0.1) is 0 Å². The molecule has 37 heteroatoms. The maximum atomic E-state index is 13.6. The van der Waals surface area contributed by atoms with Gasteiger partial charge in [0.1, 0.15) is 97.7 Å². The minimum absolute atomic E-state index is 0.0139. The summed E-state index contributed by atoms with van der Waals surface area (Å²) in [5.41, 5.74) is 0. The molecule has 5 aliphatic rings.